The second-order valence-corrected chi connectivity index (χ2v) is 6.92. The Morgan fingerprint density at radius 1 is 1.45 bits per heavy atom. The Labute approximate surface area is 126 Å². The molecule has 0 saturated carbocycles. The van der Waals surface area contributed by atoms with Crippen molar-refractivity contribution < 1.29 is 24.2 Å². The highest BCUT2D eigenvalue weighted by Gasteiger charge is 2.32. The lowest BCUT2D eigenvalue weighted by atomic mass is 10.1. The molecular formula is C12H19NO5S2. The first-order chi connectivity index (χ1) is 9.45. The average molecular weight is 321 g/mol. The van der Waals surface area contributed by atoms with Crippen molar-refractivity contribution in [2.75, 3.05) is 19.4 Å². The predicted octanol–water partition coefficient (Wildman–Crippen LogP) is 2.24. The molecule has 1 heterocycles. The van der Waals surface area contributed by atoms with Crippen LogP contribution in [0, 0.1) is 5.92 Å². The first-order valence-electron chi connectivity index (χ1n) is 6.35. The summed E-state index contributed by atoms with van der Waals surface area (Å²) in [5.41, 5.74) is 0. The Hall–Kier alpha value is -0.890. The third-order valence-electron chi connectivity index (χ3n) is 3.10. The molecule has 1 N–H and O–H groups in total. The quantitative estimate of drug-likeness (QED) is 0.593. The van der Waals surface area contributed by atoms with E-state index in [1.807, 2.05) is 0 Å². The van der Waals surface area contributed by atoms with Crippen molar-refractivity contribution in [3.8, 4) is 0 Å². The molecule has 1 aliphatic rings. The van der Waals surface area contributed by atoms with E-state index in [0.29, 0.717) is 12.3 Å². The highest BCUT2D eigenvalue weighted by Crippen LogP contribution is 2.28. The van der Waals surface area contributed by atoms with Crippen LogP contribution in [-0.2, 0) is 14.3 Å². The van der Waals surface area contributed by atoms with E-state index in [-0.39, 0.29) is 29.6 Å². The molecule has 1 saturated heterocycles. The number of carbonyl (C=O) groups is 3. The third kappa shape index (κ3) is 5.24. The molecule has 0 aromatic carbocycles. The van der Waals surface area contributed by atoms with Gasteiger partial charge in [0.1, 0.15) is 0 Å². The van der Waals surface area contributed by atoms with Gasteiger partial charge in [-0.05, 0) is 12.8 Å². The van der Waals surface area contributed by atoms with Gasteiger partial charge in [0, 0.05) is 35.1 Å². The van der Waals surface area contributed by atoms with Crippen LogP contribution in [0.3, 0.4) is 0 Å². The fourth-order valence-electron chi connectivity index (χ4n) is 2.11. The lowest BCUT2D eigenvalue weighted by Gasteiger charge is -2.26. The molecular weight excluding hydrogens is 302 g/mol. The third-order valence-corrected chi connectivity index (χ3v) is 5.33. The lowest BCUT2D eigenvalue weighted by Crippen LogP contribution is -2.40. The summed E-state index contributed by atoms with van der Waals surface area (Å²) in [5.74, 6) is -0.661. The number of carboxylic acid groups (broad SMARTS) is 1. The molecule has 0 aromatic heterocycles. The monoisotopic (exact) mass is 321 g/mol. The van der Waals surface area contributed by atoms with Gasteiger partial charge in [0.15, 0.2) is 0 Å². The minimum Gasteiger partial charge on any atom is -0.481 e. The maximum atomic E-state index is 12.3. The summed E-state index contributed by atoms with van der Waals surface area (Å²) in [5, 5.41) is 8.46. The van der Waals surface area contributed by atoms with Gasteiger partial charge in [-0.15, -0.1) is 0 Å². The highest BCUT2D eigenvalue weighted by atomic mass is 33.1. The predicted molar refractivity (Wildman–Crippen MR) is 78.6 cm³/mol. The van der Waals surface area contributed by atoms with Crippen LogP contribution in [0.25, 0.3) is 0 Å². The van der Waals surface area contributed by atoms with E-state index in [2.05, 4.69) is 4.74 Å². The van der Waals surface area contributed by atoms with E-state index in [4.69, 9.17) is 5.11 Å². The maximum absolute atomic E-state index is 12.3. The molecule has 8 heteroatoms. The number of amides is 1. The molecule has 6 nitrogen and oxygen atoms in total. The Bertz CT molecular complexity index is 377. The summed E-state index contributed by atoms with van der Waals surface area (Å²) < 4.78 is 4.50. The van der Waals surface area contributed by atoms with E-state index in [1.165, 1.54) is 17.9 Å². The van der Waals surface area contributed by atoms with Crippen LogP contribution in [0.2, 0.25) is 0 Å². The zero-order chi connectivity index (χ0) is 15.1. The largest absolute Gasteiger partial charge is 0.481 e. The lowest BCUT2D eigenvalue weighted by molar-refractivity contribution is -0.140. The Morgan fingerprint density at radius 3 is 2.75 bits per heavy atom. The molecule has 114 valence electrons. The number of likely N-dealkylation sites (tertiary alicyclic amines) is 1. The van der Waals surface area contributed by atoms with E-state index in [1.54, 1.807) is 11.8 Å². The summed E-state index contributed by atoms with van der Waals surface area (Å²) >= 11 is 0. The first-order valence-corrected chi connectivity index (χ1v) is 8.67. The number of ether oxygens (including phenoxy) is 1. The van der Waals surface area contributed by atoms with Gasteiger partial charge in [-0.25, -0.2) is 4.79 Å². The topological polar surface area (TPSA) is 83.9 Å². The molecule has 0 spiro atoms. The molecule has 0 radical (unpaired) electrons. The van der Waals surface area contributed by atoms with Crippen molar-refractivity contribution in [3.63, 3.8) is 0 Å². The van der Waals surface area contributed by atoms with Crippen LogP contribution in [-0.4, -0.2) is 52.6 Å². The van der Waals surface area contributed by atoms with Gasteiger partial charge >= 0.3 is 11.3 Å². The number of aliphatic carboxylic acids is 1. The van der Waals surface area contributed by atoms with Crippen molar-refractivity contribution in [2.45, 2.75) is 32.2 Å². The van der Waals surface area contributed by atoms with Crippen LogP contribution in [0.5, 0.6) is 0 Å². The Balaban J connectivity index is 2.42. The van der Waals surface area contributed by atoms with Crippen molar-refractivity contribution in [3.05, 3.63) is 0 Å². The number of methoxy groups -OCH3 is 1. The van der Waals surface area contributed by atoms with Gasteiger partial charge in [0.2, 0.25) is 5.91 Å². The van der Waals surface area contributed by atoms with Gasteiger partial charge in [-0.2, -0.15) is 0 Å². The van der Waals surface area contributed by atoms with Gasteiger partial charge in [-0.1, -0.05) is 17.7 Å². The normalized spacial score (nSPS) is 19.7. The van der Waals surface area contributed by atoms with Gasteiger partial charge in [0.05, 0.1) is 13.5 Å². The zero-order valence-electron chi connectivity index (χ0n) is 11.5. The standard InChI is InChI=1S/C12H19NO5S2/c1-8(7-19-20-12(17)18-2)11(16)13-5-3-4-9(13)6-10(14)15/h8-9H,3-7H2,1-2H3,(H,14,15)/t8-,9+/m1/s1. The van der Waals surface area contributed by atoms with E-state index in [9.17, 15) is 14.4 Å². The second kappa shape index (κ2) is 8.41. The van der Waals surface area contributed by atoms with Crippen LogP contribution >= 0.6 is 21.6 Å². The molecule has 0 unspecified atom stereocenters. The number of hydrogen-bond donors (Lipinski definition) is 1. The molecule has 2 atom stereocenters. The summed E-state index contributed by atoms with van der Waals surface area (Å²) in [6.45, 7) is 2.42. The summed E-state index contributed by atoms with van der Waals surface area (Å²) in [6.07, 6.45) is 1.60. The molecule has 1 amide bonds. The molecule has 1 rings (SSSR count). The minimum absolute atomic E-state index is 0.00249. The van der Waals surface area contributed by atoms with Crippen LogP contribution < -0.4 is 0 Å². The summed E-state index contributed by atoms with van der Waals surface area (Å²) in [4.78, 5) is 35.7. The SMILES string of the molecule is COC(=O)SSC[C@@H](C)C(=O)N1CCC[C@H]1CC(=O)O. The van der Waals surface area contributed by atoms with Crippen molar-refractivity contribution in [2.24, 2.45) is 5.92 Å². The molecule has 1 fully saturated rings. The Morgan fingerprint density at radius 2 is 2.15 bits per heavy atom. The smallest absolute Gasteiger partial charge is 0.377 e. The fraction of sp³-hybridized carbons (Fsp3) is 0.750. The van der Waals surface area contributed by atoms with E-state index in [0.717, 1.165) is 23.6 Å². The zero-order valence-corrected chi connectivity index (χ0v) is 13.2. The van der Waals surface area contributed by atoms with Crippen molar-refractivity contribution in [1.29, 1.82) is 0 Å². The second-order valence-electron chi connectivity index (χ2n) is 4.65. The van der Waals surface area contributed by atoms with Gasteiger partial charge in [0.25, 0.3) is 0 Å². The summed E-state index contributed by atoms with van der Waals surface area (Å²) in [6, 6.07) is -0.194. The number of rotatable bonds is 6. The molecule has 0 aliphatic carbocycles. The highest BCUT2D eigenvalue weighted by molar-refractivity contribution is 8.82. The van der Waals surface area contributed by atoms with Crippen LogP contribution in [0.4, 0.5) is 4.79 Å². The first kappa shape index (κ1) is 17.2. The van der Waals surface area contributed by atoms with Gasteiger partial charge < -0.3 is 14.7 Å². The number of carboxylic acids is 1. The average Bonchev–Trinajstić information content (AvgIpc) is 2.84. The molecule has 1 aliphatic heterocycles. The fourth-order valence-corrected chi connectivity index (χ4v) is 4.00. The number of nitrogens with zero attached hydrogens (tertiary/aromatic N) is 1. The van der Waals surface area contributed by atoms with Gasteiger partial charge in [-0.3, -0.25) is 9.59 Å². The number of hydrogen-bond acceptors (Lipinski definition) is 6. The van der Waals surface area contributed by atoms with Crippen LogP contribution in [0.15, 0.2) is 0 Å². The van der Waals surface area contributed by atoms with Crippen molar-refractivity contribution >= 4 is 38.8 Å². The molecule has 0 aromatic rings. The summed E-state index contributed by atoms with van der Waals surface area (Å²) in [7, 11) is 3.55. The minimum atomic E-state index is -0.877. The van der Waals surface area contributed by atoms with E-state index < -0.39 is 5.97 Å². The molecule has 20 heavy (non-hydrogen) atoms. The number of carbonyl (C=O) groups excluding carboxylic acids is 2. The van der Waals surface area contributed by atoms with E-state index >= 15 is 0 Å². The van der Waals surface area contributed by atoms with Crippen molar-refractivity contribution in [1.82, 2.24) is 4.90 Å². The molecule has 0 bridgehead atoms. The van der Waals surface area contributed by atoms with Crippen LogP contribution in [0.1, 0.15) is 26.2 Å². The maximum Gasteiger partial charge on any atom is 0.377 e. The Kier molecular flexibility index (Phi) is 7.22.